The van der Waals surface area contributed by atoms with Crippen LogP contribution in [0.1, 0.15) is 46.0 Å². The van der Waals surface area contributed by atoms with Gasteiger partial charge in [0.2, 0.25) is 0 Å². The zero-order chi connectivity index (χ0) is 11.2. The molecular formula is C15H16. The second-order valence-corrected chi connectivity index (χ2v) is 2.65. The highest BCUT2D eigenvalue weighted by molar-refractivity contribution is 5.18. The van der Waals surface area contributed by atoms with Gasteiger partial charge in [0, 0.05) is 12.8 Å². The van der Waals surface area contributed by atoms with Crippen LogP contribution in [-0.4, -0.2) is 0 Å². The molecule has 76 valence electrons. The quantitative estimate of drug-likeness (QED) is 0.522. The van der Waals surface area contributed by atoms with E-state index in [1.807, 2.05) is 13.8 Å². The first-order chi connectivity index (χ1) is 7.41. The third-order valence-corrected chi connectivity index (χ3v) is 1.38. The van der Waals surface area contributed by atoms with E-state index in [9.17, 15) is 0 Å². The average Bonchev–Trinajstić information content (AvgIpc) is 2.26. The lowest BCUT2D eigenvalue weighted by atomic mass is 10.3. The molecule has 0 rings (SSSR count). The van der Waals surface area contributed by atoms with Gasteiger partial charge in [-0.1, -0.05) is 49.4 Å². The van der Waals surface area contributed by atoms with Crippen molar-refractivity contribution in [3.63, 3.8) is 0 Å². The van der Waals surface area contributed by atoms with Gasteiger partial charge >= 0.3 is 0 Å². The molecule has 0 heterocycles. The van der Waals surface area contributed by atoms with E-state index in [0.717, 1.165) is 12.8 Å². The largest absolute Gasteiger partial charge is 0.103 e. The molecule has 0 heteroatoms. The van der Waals surface area contributed by atoms with Crippen molar-refractivity contribution in [1.82, 2.24) is 0 Å². The van der Waals surface area contributed by atoms with E-state index in [4.69, 9.17) is 0 Å². The van der Waals surface area contributed by atoms with Gasteiger partial charge in [-0.05, 0) is 0 Å². The van der Waals surface area contributed by atoms with Crippen LogP contribution in [0.2, 0.25) is 0 Å². The van der Waals surface area contributed by atoms with Crippen molar-refractivity contribution >= 4 is 0 Å². The van der Waals surface area contributed by atoms with Gasteiger partial charge in [-0.3, -0.25) is 0 Å². The monoisotopic (exact) mass is 196 g/mol. The molecule has 0 atom stereocenters. The minimum absolute atomic E-state index is 0.627. The fraction of sp³-hybridized carbons (Fsp3) is 0.467. The summed E-state index contributed by atoms with van der Waals surface area (Å²) in [6, 6.07) is 0. The molecule has 0 aromatic rings. The van der Waals surface area contributed by atoms with Gasteiger partial charge in [-0.2, -0.15) is 0 Å². The molecule has 0 bridgehead atoms. The Balaban J connectivity index is 3.59. The fourth-order valence-electron chi connectivity index (χ4n) is 0.758. The van der Waals surface area contributed by atoms with E-state index in [1.165, 1.54) is 0 Å². The predicted molar refractivity (Wildman–Crippen MR) is 65.5 cm³/mol. The normalized spacial score (nSPS) is 6.53. The molecule has 0 aliphatic carbocycles. The van der Waals surface area contributed by atoms with E-state index >= 15 is 0 Å². The smallest absolute Gasteiger partial charge is 0.0703 e. The van der Waals surface area contributed by atoms with Crippen LogP contribution in [0.3, 0.4) is 0 Å². The van der Waals surface area contributed by atoms with E-state index in [-0.39, 0.29) is 0 Å². The molecule has 0 unspecified atom stereocenters. The van der Waals surface area contributed by atoms with Crippen LogP contribution in [-0.2, 0) is 0 Å². The number of hydrogen-bond donors (Lipinski definition) is 0. The topological polar surface area (TPSA) is 0 Å². The maximum Gasteiger partial charge on any atom is 0.0703 e. The molecule has 0 aliphatic heterocycles. The molecule has 0 nitrogen and oxygen atoms in total. The summed E-state index contributed by atoms with van der Waals surface area (Å²) in [7, 11) is 0. The second kappa shape index (κ2) is 12.2. The van der Waals surface area contributed by atoms with E-state index in [2.05, 4.69) is 47.4 Å². The third kappa shape index (κ3) is 12.2. The Bertz CT molecular complexity index is 342. The van der Waals surface area contributed by atoms with Crippen LogP contribution in [0.25, 0.3) is 0 Å². The highest BCUT2D eigenvalue weighted by Gasteiger charge is 1.69. The minimum atomic E-state index is 0.627. The van der Waals surface area contributed by atoms with Crippen molar-refractivity contribution in [1.29, 1.82) is 0 Å². The summed E-state index contributed by atoms with van der Waals surface area (Å²) >= 11 is 0. The molecule has 0 radical (unpaired) electrons. The SMILES string of the molecule is CCC#CCC#CCC#CCC#CCC. The molecule has 0 fully saturated rings. The summed E-state index contributed by atoms with van der Waals surface area (Å²) in [6.07, 6.45) is 3.74. The van der Waals surface area contributed by atoms with Gasteiger partial charge in [0.1, 0.15) is 0 Å². The van der Waals surface area contributed by atoms with Gasteiger partial charge in [-0.15, -0.1) is 11.8 Å². The number of rotatable bonds is 0. The Morgan fingerprint density at radius 2 is 0.733 bits per heavy atom. The van der Waals surface area contributed by atoms with Crippen molar-refractivity contribution in [2.75, 3.05) is 0 Å². The summed E-state index contributed by atoms with van der Waals surface area (Å²) in [5.74, 6) is 23.7. The molecule has 0 aliphatic rings. The summed E-state index contributed by atoms with van der Waals surface area (Å²) < 4.78 is 0. The van der Waals surface area contributed by atoms with E-state index in [0.29, 0.717) is 19.3 Å². The Hall–Kier alpha value is -1.76. The van der Waals surface area contributed by atoms with Crippen molar-refractivity contribution in [3.05, 3.63) is 0 Å². The molecule has 0 aromatic carbocycles. The third-order valence-electron chi connectivity index (χ3n) is 1.38. The second-order valence-electron chi connectivity index (χ2n) is 2.65. The average molecular weight is 196 g/mol. The summed E-state index contributed by atoms with van der Waals surface area (Å²) in [4.78, 5) is 0. The summed E-state index contributed by atoms with van der Waals surface area (Å²) in [5, 5.41) is 0. The van der Waals surface area contributed by atoms with Crippen molar-refractivity contribution < 1.29 is 0 Å². The maximum absolute atomic E-state index is 2.97. The molecule has 0 saturated carbocycles. The molecule has 0 saturated heterocycles. The zero-order valence-electron chi connectivity index (χ0n) is 9.54. The lowest BCUT2D eigenvalue weighted by Crippen LogP contribution is -1.64. The lowest BCUT2D eigenvalue weighted by Gasteiger charge is -1.73. The van der Waals surface area contributed by atoms with E-state index in [1.54, 1.807) is 0 Å². The molecule has 0 N–H and O–H groups in total. The van der Waals surface area contributed by atoms with Gasteiger partial charge in [0.25, 0.3) is 0 Å². The van der Waals surface area contributed by atoms with Crippen LogP contribution >= 0.6 is 0 Å². The van der Waals surface area contributed by atoms with E-state index < -0.39 is 0 Å². The Labute approximate surface area is 93.8 Å². The molecule has 0 aromatic heterocycles. The van der Waals surface area contributed by atoms with Crippen molar-refractivity contribution in [2.45, 2.75) is 46.0 Å². The van der Waals surface area contributed by atoms with Gasteiger partial charge in [0.15, 0.2) is 0 Å². The highest BCUT2D eigenvalue weighted by Crippen LogP contribution is 1.78. The Morgan fingerprint density at radius 1 is 0.467 bits per heavy atom. The van der Waals surface area contributed by atoms with Crippen molar-refractivity contribution in [3.8, 4) is 47.4 Å². The fourth-order valence-corrected chi connectivity index (χ4v) is 0.758. The Morgan fingerprint density at radius 3 is 1.00 bits per heavy atom. The first-order valence-corrected chi connectivity index (χ1v) is 5.24. The first-order valence-electron chi connectivity index (χ1n) is 5.24. The van der Waals surface area contributed by atoms with Crippen LogP contribution in [0.15, 0.2) is 0 Å². The van der Waals surface area contributed by atoms with Crippen LogP contribution in [0, 0.1) is 47.4 Å². The minimum Gasteiger partial charge on any atom is -0.103 e. The van der Waals surface area contributed by atoms with Crippen molar-refractivity contribution in [2.24, 2.45) is 0 Å². The Kier molecular flexibility index (Phi) is 10.8. The van der Waals surface area contributed by atoms with Gasteiger partial charge in [-0.25, -0.2) is 0 Å². The molecular weight excluding hydrogens is 180 g/mol. The summed E-state index contributed by atoms with van der Waals surface area (Å²) in [5.41, 5.74) is 0. The first kappa shape index (κ1) is 13.2. The molecule has 0 spiro atoms. The van der Waals surface area contributed by atoms with Gasteiger partial charge in [0.05, 0.1) is 19.3 Å². The van der Waals surface area contributed by atoms with Crippen LogP contribution in [0.5, 0.6) is 0 Å². The molecule has 0 amide bonds. The zero-order valence-corrected chi connectivity index (χ0v) is 9.54. The lowest BCUT2D eigenvalue weighted by molar-refractivity contribution is 1.27. The predicted octanol–water partition coefficient (Wildman–Crippen LogP) is 2.99. The summed E-state index contributed by atoms with van der Waals surface area (Å²) in [6.45, 7) is 4.06. The van der Waals surface area contributed by atoms with Gasteiger partial charge < -0.3 is 0 Å². The maximum atomic E-state index is 2.97. The number of hydrogen-bond acceptors (Lipinski definition) is 0. The van der Waals surface area contributed by atoms with Crippen LogP contribution < -0.4 is 0 Å². The molecule has 15 heavy (non-hydrogen) atoms. The standard InChI is InChI=1S/C15H16/c1-3-5-7-9-11-13-15-14-12-10-8-6-4-2/h3-4,9-10,15H2,1-2H3. The highest BCUT2D eigenvalue weighted by atomic mass is 13.7. The van der Waals surface area contributed by atoms with Crippen LogP contribution in [0.4, 0.5) is 0 Å².